The van der Waals surface area contributed by atoms with Crippen LogP contribution in [0.25, 0.3) is 11.0 Å². The Morgan fingerprint density at radius 2 is 2.11 bits per heavy atom. The number of hydrazine groups is 1. The topological polar surface area (TPSA) is 130 Å². The predicted octanol–water partition coefficient (Wildman–Crippen LogP) is 1.18. The van der Waals surface area contributed by atoms with Crippen LogP contribution >= 0.6 is 0 Å². The molecule has 0 radical (unpaired) electrons. The zero-order valence-electron chi connectivity index (χ0n) is 19.6. The number of benzene rings is 2. The number of para-hydroxylation sites is 2. The number of aromatic amines is 1. The van der Waals surface area contributed by atoms with Crippen molar-refractivity contribution in [2.75, 3.05) is 39.4 Å². The molecule has 3 heterocycles. The summed E-state index contributed by atoms with van der Waals surface area (Å²) in [7, 11) is 2.90. The molecule has 35 heavy (non-hydrogen) atoms. The third-order valence-corrected chi connectivity index (χ3v) is 6.32. The molecular weight excluding hydrogens is 452 g/mol. The molecule has 1 aromatic heterocycles. The van der Waals surface area contributed by atoms with Gasteiger partial charge in [0, 0.05) is 31.5 Å². The Hall–Kier alpha value is -3.51. The van der Waals surface area contributed by atoms with Gasteiger partial charge in [0.05, 0.1) is 31.2 Å². The van der Waals surface area contributed by atoms with E-state index < -0.39 is 17.7 Å². The van der Waals surface area contributed by atoms with Crippen LogP contribution < -0.4 is 16.2 Å². The van der Waals surface area contributed by atoms with Crippen molar-refractivity contribution in [3.8, 4) is 0 Å². The van der Waals surface area contributed by atoms with Crippen LogP contribution in [0.3, 0.4) is 0 Å². The molecule has 184 valence electrons. The van der Waals surface area contributed by atoms with Gasteiger partial charge in [-0.05, 0) is 29.8 Å². The van der Waals surface area contributed by atoms with Gasteiger partial charge in [-0.3, -0.25) is 9.59 Å². The number of ether oxygens (including phenoxy) is 3. The number of rotatable bonds is 7. The van der Waals surface area contributed by atoms with Gasteiger partial charge in [0.25, 0.3) is 0 Å². The van der Waals surface area contributed by atoms with Crippen LogP contribution in [0.1, 0.15) is 23.4 Å². The average molecular weight is 481 g/mol. The first-order valence-electron chi connectivity index (χ1n) is 11.4. The van der Waals surface area contributed by atoms with Crippen molar-refractivity contribution < 1.29 is 23.8 Å². The monoisotopic (exact) mass is 480 g/mol. The molecule has 11 heteroatoms. The summed E-state index contributed by atoms with van der Waals surface area (Å²) in [4.78, 5) is 35.0. The summed E-state index contributed by atoms with van der Waals surface area (Å²) in [5.41, 5.74) is 9.42. The third kappa shape index (κ3) is 4.34. The smallest absolute Gasteiger partial charge is 0.308 e. The average Bonchev–Trinajstić information content (AvgIpc) is 3.52. The van der Waals surface area contributed by atoms with E-state index in [1.807, 2.05) is 42.5 Å². The van der Waals surface area contributed by atoms with Crippen LogP contribution in [0.15, 0.2) is 42.5 Å². The number of hydrogen-bond donors (Lipinski definition) is 4. The van der Waals surface area contributed by atoms with Crippen LogP contribution in [0, 0.1) is 0 Å². The second-order valence-electron chi connectivity index (χ2n) is 8.48. The number of carbonyl (C=O) groups is 2. The zero-order chi connectivity index (χ0) is 24.4. The van der Waals surface area contributed by atoms with Crippen molar-refractivity contribution in [2.45, 2.75) is 24.7 Å². The van der Waals surface area contributed by atoms with Crippen molar-refractivity contribution in [2.24, 2.45) is 0 Å². The van der Waals surface area contributed by atoms with E-state index in [1.54, 1.807) is 12.0 Å². The summed E-state index contributed by atoms with van der Waals surface area (Å²) < 4.78 is 16.2. The first-order chi connectivity index (χ1) is 17.0. The maximum Gasteiger partial charge on any atom is 0.308 e. The summed E-state index contributed by atoms with van der Waals surface area (Å²) >= 11 is 0. The van der Waals surface area contributed by atoms with Crippen LogP contribution in [-0.2, 0) is 36.1 Å². The lowest BCUT2D eigenvalue weighted by Crippen LogP contribution is -2.44. The molecule has 1 amide bonds. The van der Waals surface area contributed by atoms with E-state index in [0.29, 0.717) is 25.5 Å². The van der Waals surface area contributed by atoms with Gasteiger partial charge in [0.15, 0.2) is 5.82 Å². The number of methoxy groups -OCH3 is 2. The Bertz CT molecular complexity index is 1210. The van der Waals surface area contributed by atoms with E-state index in [1.165, 1.54) is 7.11 Å². The number of carbonyl (C=O) groups excluding carboxylic acids is 2. The first-order valence-corrected chi connectivity index (χ1v) is 11.4. The number of imidazole rings is 1. The quantitative estimate of drug-likeness (QED) is 0.368. The molecule has 2 aliphatic heterocycles. The van der Waals surface area contributed by atoms with Gasteiger partial charge >= 0.3 is 5.97 Å². The number of amides is 1. The summed E-state index contributed by atoms with van der Waals surface area (Å²) in [5, 5.41) is 3.24. The molecule has 4 N–H and O–H groups in total. The lowest BCUT2D eigenvalue weighted by molar-refractivity contribution is -0.144. The van der Waals surface area contributed by atoms with E-state index in [-0.39, 0.29) is 19.1 Å². The Balaban J connectivity index is 1.54. The second-order valence-corrected chi connectivity index (χ2v) is 8.48. The fourth-order valence-corrected chi connectivity index (χ4v) is 4.50. The normalized spacial score (nSPS) is 22.1. The maximum atomic E-state index is 13.2. The van der Waals surface area contributed by atoms with Crippen LogP contribution in [-0.4, -0.2) is 66.9 Å². The van der Waals surface area contributed by atoms with E-state index in [4.69, 9.17) is 19.2 Å². The zero-order valence-corrected chi connectivity index (χ0v) is 19.6. The molecule has 3 aromatic rings. The molecule has 2 aliphatic rings. The van der Waals surface area contributed by atoms with Crippen molar-refractivity contribution in [1.82, 2.24) is 25.7 Å². The molecule has 1 fully saturated rings. The highest BCUT2D eigenvalue weighted by molar-refractivity contribution is 5.90. The van der Waals surface area contributed by atoms with E-state index in [2.05, 4.69) is 21.2 Å². The van der Waals surface area contributed by atoms with Gasteiger partial charge in [0.1, 0.15) is 12.8 Å². The predicted molar refractivity (Wildman–Crippen MR) is 127 cm³/mol. The number of fused-ring (bicyclic) bond motifs is 2. The minimum absolute atomic E-state index is 0.0719. The molecule has 0 saturated carbocycles. The highest BCUT2D eigenvalue weighted by Gasteiger charge is 2.43. The molecule has 2 aromatic carbocycles. The highest BCUT2D eigenvalue weighted by Crippen LogP contribution is 2.35. The molecular formula is C24H28N6O5. The number of nitrogens with zero attached hydrogens (tertiary/aromatic N) is 2. The largest absolute Gasteiger partial charge is 0.469 e. The summed E-state index contributed by atoms with van der Waals surface area (Å²) in [5.74, 6) is -0.0312. The summed E-state index contributed by atoms with van der Waals surface area (Å²) in [6.07, 6.45) is -0.0719. The van der Waals surface area contributed by atoms with Crippen molar-refractivity contribution in [1.29, 1.82) is 0 Å². The second kappa shape index (κ2) is 9.62. The standard InChI is InChI=1S/C24H28N6O5/c1-33-10-9-30-13-15-11-16(7-8-17(15)26-20(22(30)32)12-21(31)34-2)24(29-25-14-35-24)23-27-18-5-3-4-6-19(18)28-23/h3-8,11,20,25-26,29H,9-10,12-14H2,1-2H3,(H,27,28). The molecule has 11 nitrogen and oxygen atoms in total. The Labute approximate surface area is 202 Å². The van der Waals surface area contributed by atoms with Crippen molar-refractivity contribution in [3.05, 3.63) is 59.4 Å². The van der Waals surface area contributed by atoms with Gasteiger partial charge in [-0.1, -0.05) is 18.2 Å². The van der Waals surface area contributed by atoms with E-state index in [9.17, 15) is 9.59 Å². The van der Waals surface area contributed by atoms with Gasteiger partial charge in [-0.25, -0.2) is 15.8 Å². The van der Waals surface area contributed by atoms with Gasteiger partial charge in [-0.2, -0.15) is 0 Å². The molecule has 5 rings (SSSR count). The number of H-pyrrole nitrogens is 1. The molecule has 2 unspecified atom stereocenters. The van der Waals surface area contributed by atoms with Crippen molar-refractivity contribution >= 4 is 28.6 Å². The summed E-state index contributed by atoms with van der Waals surface area (Å²) in [6, 6.07) is 12.9. The first kappa shape index (κ1) is 23.2. The molecule has 0 bridgehead atoms. The Morgan fingerprint density at radius 1 is 1.26 bits per heavy atom. The van der Waals surface area contributed by atoms with Crippen molar-refractivity contribution in [3.63, 3.8) is 0 Å². The SMILES string of the molecule is COCCN1Cc2cc(C3(c4nc5ccccc5[nH]4)NNCO3)ccc2NC(CC(=O)OC)C1=O. The van der Waals surface area contributed by atoms with Gasteiger partial charge < -0.3 is 29.4 Å². The van der Waals surface area contributed by atoms with Crippen LogP contribution in [0.2, 0.25) is 0 Å². The fourth-order valence-electron chi connectivity index (χ4n) is 4.50. The molecule has 2 atom stereocenters. The minimum Gasteiger partial charge on any atom is -0.469 e. The van der Waals surface area contributed by atoms with E-state index in [0.717, 1.165) is 27.8 Å². The number of aromatic nitrogens is 2. The lowest BCUT2D eigenvalue weighted by Gasteiger charge is -2.27. The number of hydrogen-bond acceptors (Lipinski definition) is 9. The molecule has 0 aliphatic carbocycles. The van der Waals surface area contributed by atoms with Gasteiger partial charge in [0.2, 0.25) is 11.6 Å². The minimum atomic E-state index is -1.05. The van der Waals surface area contributed by atoms with E-state index >= 15 is 0 Å². The lowest BCUT2D eigenvalue weighted by atomic mass is 9.98. The number of anilines is 1. The number of nitrogens with one attached hydrogen (secondary N) is 4. The number of esters is 1. The summed E-state index contributed by atoms with van der Waals surface area (Å²) in [6.45, 7) is 1.40. The molecule has 0 spiro atoms. The Morgan fingerprint density at radius 3 is 2.86 bits per heavy atom. The fraction of sp³-hybridized carbons (Fsp3) is 0.375. The van der Waals surface area contributed by atoms with Crippen LogP contribution in [0.5, 0.6) is 0 Å². The van der Waals surface area contributed by atoms with Crippen LogP contribution in [0.4, 0.5) is 5.69 Å². The molecule has 1 saturated heterocycles. The van der Waals surface area contributed by atoms with Gasteiger partial charge in [-0.15, -0.1) is 0 Å². The maximum absolute atomic E-state index is 13.2. The highest BCUT2D eigenvalue weighted by atomic mass is 16.6. The Kier molecular flexibility index (Phi) is 6.39. The third-order valence-electron chi connectivity index (χ3n) is 6.32.